The van der Waals surface area contributed by atoms with Crippen LogP contribution in [0.2, 0.25) is 0 Å². The molecule has 5 rings (SSSR count). The van der Waals surface area contributed by atoms with Crippen molar-refractivity contribution in [2.75, 3.05) is 0 Å². The lowest BCUT2D eigenvalue weighted by Gasteiger charge is -2.50. The third kappa shape index (κ3) is 5.73. The van der Waals surface area contributed by atoms with Gasteiger partial charge in [-0.3, -0.25) is 4.90 Å². The van der Waals surface area contributed by atoms with E-state index >= 15 is 0 Å². The Morgan fingerprint density at radius 1 is 0.258 bits per heavy atom. The summed E-state index contributed by atoms with van der Waals surface area (Å²) in [6.45, 7) is 0. The van der Waals surface area contributed by atoms with Crippen LogP contribution in [-0.2, 0) is 0 Å². The van der Waals surface area contributed by atoms with Crippen LogP contribution in [0.3, 0.4) is 0 Å². The van der Waals surface area contributed by atoms with E-state index in [4.69, 9.17) is 0 Å². The van der Waals surface area contributed by atoms with Crippen LogP contribution in [0.25, 0.3) is 0 Å². The van der Waals surface area contributed by atoms with Gasteiger partial charge in [0.05, 0.1) is 0 Å². The summed E-state index contributed by atoms with van der Waals surface area (Å²) in [5, 5.41) is 0. The molecule has 0 radical (unpaired) electrons. The molecule has 5 saturated carbocycles. The van der Waals surface area contributed by atoms with Crippen molar-refractivity contribution in [1.82, 2.24) is 4.90 Å². The van der Waals surface area contributed by atoms with Gasteiger partial charge >= 0.3 is 0 Å². The lowest BCUT2D eigenvalue weighted by Crippen LogP contribution is -2.52. The number of rotatable bonds is 5. The second-order valence-electron chi connectivity index (χ2n) is 12.7. The zero-order valence-electron chi connectivity index (χ0n) is 20.8. The minimum Gasteiger partial charge on any atom is -0.294 e. The molecule has 5 fully saturated rings. The maximum Gasteiger partial charge on any atom is 0.0101 e. The third-order valence-electron chi connectivity index (χ3n) is 11.0. The molecule has 5 aliphatic rings. The molecule has 0 atom stereocenters. The summed E-state index contributed by atoms with van der Waals surface area (Å²) in [5.74, 6) is 4.38. The monoisotopic (exact) mass is 427 g/mol. The highest BCUT2D eigenvalue weighted by molar-refractivity contribution is 4.93. The van der Waals surface area contributed by atoms with E-state index in [9.17, 15) is 0 Å². The Labute approximate surface area is 194 Å². The lowest BCUT2D eigenvalue weighted by molar-refractivity contribution is -0.00160. The van der Waals surface area contributed by atoms with Gasteiger partial charge < -0.3 is 0 Å². The van der Waals surface area contributed by atoms with Crippen LogP contribution in [-0.4, -0.2) is 23.0 Å². The van der Waals surface area contributed by atoms with Crippen LogP contribution < -0.4 is 0 Å². The molecule has 0 saturated heterocycles. The van der Waals surface area contributed by atoms with Gasteiger partial charge in [-0.1, -0.05) is 83.5 Å². The van der Waals surface area contributed by atoms with Crippen molar-refractivity contribution in [2.24, 2.45) is 23.7 Å². The fourth-order valence-electron chi connectivity index (χ4n) is 9.23. The predicted octanol–water partition coefficient (Wildman–Crippen LogP) is 8.90. The Bertz CT molecular complexity index is 457. The van der Waals surface area contributed by atoms with Gasteiger partial charge in [-0.15, -0.1) is 0 Å². The Kier molecular flexibility index (Phi) is 8.36. The van der Waals surface area contributed by atoms with Crippen LogP contribution in [0, 0.1) is 23.7 Å². The molecule has 1 heteroatoms. The molecule has 0 amide bonds. The maximum absolute atomic E-state index is 3.22. The molecule has 0 aliphatic heterocycles. The molecule has 0 aromatic heterocycles. The fraction of sp³-hybridized carbons (Fsp3) is 1.00. The van der Waals surface area contributed by atoms with Crippen molar-refractivity contribution in [3.05, 3.63) is 0 Å². The largest absolute Gasteiger partial charge is 0.294 e. The average molecular weight is 428 g/mol. The third-order valence-corrected chi connectivity index (χ3v) is 11.0. The van der Waals surface area contributed by atoms with Gasteiger partial charge in [0.2, 0.25) is 0 Å². The summed E-state index contributed by atoms with van der Waals surface area (Å²) in [6, 6.07) is 2.83. The summed E-state index contributed by atoms with van der Waals surface area (Å²) >= 11 is 0. The normalized spacial score (nSPS) is 37.8. The van der Waals surface area contributed by atoms with E-state index in [-0.39, 0.29) is 0 Å². The van der Waals surface area contributed by atoms with Gasteiger partial charge in [0.15, 0.2) is 0 Å². The molecule has 0 aromatic rings. The van der Waals surface area contributed by atoms with Crippen LogP contribution in [0.15, 0.2) is 0 Å². The quantitative estimate of drug-likeness (QED) is 0.423. The molecule has 0 aromatic carbocycles. The number of nitrogens with zero attached hydrogens (tertiary/aromatic N) is 1. The molecule has 1 nitrogen and oxygen atoms in total. The van der Waals surface area contributed by atoms with E-state index in [0.29, 0.717) is 0 Å². The van der Waals surface area contributed by atoms with Crippen LogP contribution in [0.1, 0.15) is 148 Å². The van der Waals surface area contributed by atoms with Gasteiger partial charge in [0.25, 0.3) is 0 Å². The van der Waals surface area contributed by atoms with E-state index in [1.807, 2.05) is 0 Å². The summed E-state index contributed by atoms with van der Waals surface area (Å²) in [4.78, 5) is 3.22. The molecular formula is C30H53N. The second kappa shape index (κ2) is 11.4. The summed E-state index contributed by atoms with van der Waals surface area (Å²) in [5.41, 5.74) is 0. The lowest BCUT2D eigenvalue weighted by atomic mass is 9.70. The zero-order valence-corrected chi connectivity index (χ0v) is 20.8. The van der Waals surface area contributed by atoms with Crippen molar-refractivity contribution >= 4 is 0 Å². The standard InChI is InChI=1S/C30H53N/c1-4-10-24(11-5-1)26-16-20-29(21-17-26)31(28-14-8-3-9-15-28)30-22-18-27(19-23-30)25-12-6-2-7-13-25/h24-30H,1-23H2. The molecule has 0 bridgehead atoms. The molecule has 5 aliphatic carbocycles. The van der Waals surface area contributed by atoms with Crippen LogP contribution in [0.4, 0.5) is 0 Å². The highest BCUT2D eigenvalue weighted by Crippen LogP contribution is 2.44. The van der Waals surface area contributed by atoms with Gasteiger partial charge in [0.1, 0.15) is 0 Å². The van der Waals surface area contributed by atoms with Crippen molar-refractivity contribution in [3.63, 3.8) is 0 Å². The van der Waals surface area contributed by atoms with Crippen molar-refractivity contribution in [1.29, 1.82) is 0 Å². The van der Waals surface area contributed by atoms with Crippen LogP contribution in [0.5, 0.6) is 0 Å². The van der Waals surface area contributed by atoms with Gasteiger partial charge in [-0.25, -0.2) is 0 Å². The minimum absolute atomic E-state index is 0.944. The first-order valence-corrected chi connectivity index (χ1v) is 15.2. The predicted molar refractivity (Wildman–Crippen MR) is 133 cm³/mol. The van der Waals surface area contributed by atoms with Crippen molar-refractivity contribution < 1.29 is 0 Å². The SMILES string of the molecule is C1CCC(C2CCC(N(C3CCCCC3)C3CCC(C4CCCCC4)CC3)CC2)CC1. The smallest absolute Gasteiger partial charge is 0.0101 e. The average Bonchev–Trinajstić information content (AvgIpc) is 2.87. The molecule has 0 heterocycles. The Balaban J connectivity index is 1.18. The Hall–Kier alpha value is -0.0400. The fourth-order valence-corrected chi connectivity index (χ4v) is 9.23. The van der Waals surface area contributed by atoms with Gasteiger partial charge in [0, 0.05) is 18.1 Å². The first-order chi connectivity index (χ1) is 15.4. The van der Waals surface area contributed by atoms with Crippen molar-refractivity contribution in [2.45, 2.75) is 166 Å². The van der Waals surface area contributed by atoms with Gasteiger partial charge in [-0.05, 0) is 87.9 Å². The molecule has 0 N–H and O–H groups in total. The first-order valence-electron chi connectivity index (χ1n) is 15.2. The Morgan fingerprint density at radius 2 is 0.548 bits per heavy atom. The number of hydrogen-bond acceptors (Lipinski definition) is 1. The highest BCUT2D eigenvalue weighted by Gasteiger charge is 2.39. The molecular weight excluding hydrogens is 374 g/mol. The van der Waals surface area contributed by atoms with Crippen LogP contribution >= 0.6 is 0 Å². The first kappa shape index (κ1) is 22.7. The second-order valence-corrected chi connectivity index (χ2v) is 12.7. The number of hydrogen-bond donors (Lipinski definition) is 0. The zero-order chi connectivity index (χ0) is 20.9. The Morgan fingerprint density at radius 3 is 0.935 bits per heavy atom. The summed E-state index contributed by atoms with van der Waals surface area (Å²) in [7, 11) is 0. The van der Waals surface area contributed by atoms with E-state index in [2.05, 4.69) is 4.90 Å². The van der Waals surface area contributed by atoms with E-state index in [1.54, 1.807) is 77.0 Å². The highest BCUT2D eigenvalue weighted by atomic mass is 15.2. The van der Waals surface area contributed by atoms with E-state index in [1.165, 1.54) is 70.6 Å². The molecule has 178 valence electrons. The topological polar surface area (TPSA) is 3.24 Å². The molecule has 31 heavy (non-hydrogen) atoms. The van der Waals surface area contributed by atoms with Crippen molar-refractivity contribution in [3.8, 4) is 0 Å². The van der Waals surface area contributed by atoms with Gasteiger partial charge in [-0.2, -0.15) is 0 Å². The van der Waals surface area contributed by atoms with E-state index in [0.717, 1.165) is 41.8 Å². The molecule has 0 unspecified atom stereocenters. The minimum atomic E-state index is 0.944. The summed E-state index contributed by atoms with van der Waals surface area (Å²) in [6.07, 6.45) is 35.4. The summed E-state index contributed by atoms with van der Waals surface area (Å²) < 4.78 is 0. The molecule has 0 spiro atoms. The maximum atomic E-state index is 3.22. The van der Waals surface area contributed by atoms with E-state index < -0.39 is 0 Å².